The molecule has 0 aliphatic rings. The summed E-state index contributed by atoms with van der Waals surface area (Å²) in [7, 11) is -2.16. The zero-order chi connectivity index (χ0) is 24.6. The number of sulfonamides is 1. The lowest BCUT2D eigenvalue weighted by molar-refractivity contribution is -0.139. The van der Waals surface area contributed by atoms with Crippen LogP contribution in [-0.4, -0.2) is 57.1 Å². The predicted octanol–water partition coefficient (Wildman–Crippen LogP) is 2.79. The Morgan fingerprint density at radius 2 is 1.64 bits per heavy atom. The summed E-state index contributed by atoms with van der Waals surface area (Å²) in [4.78, 5) is 27.7. The van der Waals surface area contributed by atoms with E-state index in [0.29, 0.717) is 11.4 Å². The highest BCUT2D eigenvalue weighted by molar-refractivity contribution is 7.92. The highest BCUT2D eigenvalue weighted by Gasteiger charge is 2.30. The Morgan fingerprint density at radius 3 is 2.15 bits per heavy atom. The maximum atomic E-state index is 13.4. The van der Waals surface area contributed by atoms with Crippen LogP contribution in [0.1, 0.15) is 32.8 Å². The molecule has 0 aromatic heterocycles. The standard InChI is InChI=1S/C24H33N3O5S/c1-6-18(2)25-24(29)19(3)26(16-20-12-14-22(32-4)15-13-20)23(28)17-27(33(5,30)31)21-10-8-7-9-11-21/h7-15,18-19H,6,16-17H2,1-5H3,(H,25,29)/t18-,19+/m0/s1. The first kappa shape index (κ1) is 26.2. The van der Waals surface area contributed by atoms with Gasteiger partial charge in [0, 0.05) is 12.6 Å². The largest absolute Gasteiger partial charge is 0.497 e. The molecule has 180 valence electrons. The molecule has 9 heteroatoms. The summed E-state index contributed by atoms with van der Waals surface area (Å²) in [6.45, 7) is 5.22. The summed E-state index contributed by atoms with van der Waals surface area (Å²) in [6, 6.07) is 14.7. The van der Waals surface area contributed by atoms with Crippen LogP contribution in [0.5, 0.6) is 5.75 Å². The second-order valence-corrected chi connectivity index (χ2v) is 9.88. The van der Waals surface area contributed by atoms with Crippen LogP contribution < -0.4 is 14.4 Å². The summed E-state index contributed by atoms with van der Waals surface area (Å²) in [5, 5.41) is 2.90. The Hall–Kier alpha value is -3.07. The molecule has 1 N–H and O–H groups in total. The fraction of sp³-hybridized carbons (Fsp3) is 0.417. The lowest BCUT2D eigenvalue weighted by Crippen LogP contribution is -2.52. The molecule has 0 spiro atoms. The molecule has 2 aromatic carbocycles. The fourth-order valence-electron chi connectivity index (χ4n) is 3.18. The Morgan fingerprint density at radius 1 is 1.03 bits per heavy atom. The molecule has 2 atom stereocenters. The van der Waals surface area contributed by atoms with Gasteiger partial charge in [0.2, 0.25) is 21.8 Å². The van der Waals surface area contributed by atoms with E-state index < -0.39 is 28.5 Å². The van der Waals surface area contributed by atoms with E-state index in [2.05, 4.69) is 5.32 Å². The van der Waals surface area contributed by atoms with Gasteiger partial charge < -0.3 is 15.0 Å². The lowest BCUT2D eigenvalue weighted by atomic mass is 10.1. The number of nitrogens with one attached hydrogen (secondary N) is 1. The van der Waals surface area contributed by atoms with Gasteiger partial charge in [0.15, 0.2) is 0 Å². The minimum atomic E-state index is -3.73. The number of carbonyl (C=O) groups excluding carboxylic acids is 2. The molecule has 8 nitrogen and oxygen atoms in total. The van der Waals surface area contributed by atoms with Crippen molar-refractivity contribution >= 4 is 27.5 Å². The van der Waals surface area contributed by atoms with E-state index in [1.807, 2.05) is 26.0 Å². The van der Waals surface area contributed by atoms with Crippen molar-refractivity contribution in [2.75, 3.05) is 24.2 Å². The van der Waals surface area contributed by atoms with Gasteiger partial charge in [0.1, 0.15) is 18.3 Å². The van der Waals surface area contributed by atoms with Crippen LogP contribution in [0.3, 0.4) is 0 Å². The van der Waals surface area contributed by atoms with Crippen LogP contribution in [0.15, 0.2) is 54.6 Å². The Labute approximate surface area is 196 Å². The van der Waals surface area contributed by atoms with Crippen LogP contribution in [0.2, 0.25) is 0 Å². The van der Waals surface area contributed by atoms with Crippen molar-refractivity contribution in [3.05, 3.63) is 60.2 Å². The van der Waals surface area contributed by atoms with E-state index in [0.717, 1.165) is 22.5 Å². The summed E-state index contributed by atoms with van der Waals surface area (Å²) in [5.41, 5.74) is 1.17. The maximum Gasteiger partial charge on any atom is 0.244 e. The van der Waals surface area contributed by atoms with Crippen LogP contribution in [0, 0.1) is 0 Å². The van der Waals surface area contributed by atoms with Gasteiger partial charge in [-0.1, -0.05) is 37.3 Å². The number of methoxy groups -OCH3 is 1. The van der Waals surface area contributed by atoms with E-state index >= 15 is 0 Å². The molecular formula is C24H33N3O5S. The van der Waals surface area contributed by atoms with E-state index in [4.69, 9.17) is 4.74 Å². The van der Waals surface area contributed by atoms with Gasteiger partial charge in [0.25, 0.3) is 0 Å². The molecule has 0 saturated carbocycles. The molecule has 33 heavy (non-hydrogen) atoms. The van der Waals surface area contributed by atoms with E-state index in [1.54, 1.807) is 56.5 Å². The van der Waals surface area contributed by atoms with Crippen molar-refractivity contribution in [1.82, 2.24) is 10.2 Å². The van der Waals surface area contributed by atoms with E-state index in [9.17, 15) is 18.0 Å². The minimum absolute atomic E-state index is 0.0466. The van der Waals surface area contributed by atoms with Crippen LogP contribution in [0.25, 0.3) is 0 Å². The number of carbonyl (C=O) groups is 2. The lowest BCUT2D eigenvalue weighted by Gasteiger charge is -2.32. The Kier molecular flexibility index (Phi) is 9.28. The number of anilines is 1. The van der Waals surface area contributed by atoms with Gasteiger partial charge in [-0.15, -0.1) is 0 Å². The molecule has 2 amide bonds. The smallest absolute Gasteiger partial charge is 0.244 e. The van der Waals surface area contributed by atoms with Crippen LogP contribution in [0.4, 0.5) is 5.69 Å². The molecule has 0 saturated heterocycles. The second-order valence-electron chi connectivity index (χ2n) is 7.97. The number of hydrogen-bond acceptors (Lipinski definition) is 5. The highest BCUT2D eigenvalue weighted by Crippen LogP contribution is 2.19. The van der Waals surface area contributed by atoms with Crippen molar-refractivity contribution in [3.63, 3.8) is 0 Å². The van der Waals surface area contributed by atoms with Gasteiger partial charge in [-0.05, 0) is 50.1 Å². The molecule has 0 aliphatic heterocycles. The number of hydrogen-bond donors (Lipinski definition) is 1. The Bertz CT molecular complexity index is 1030. The first-order valence-corrected chi connectivity index (χ1v) is 12.7. The van der Waals surface area contributed by atoms with Crippen molar-refractivity contribution in [1.29, 1.82) is 0 Å². The molecular weight excluding hydrogens is 442 g/mol. The number of benzene rings is 2. The van der Waals surface area contributed by atoms with Crippen LogP contribution >= 0.6 is 0 Å². The molecule has 2 rings (SSSR count). The number of ether oxygens (including phenoxy) is 1. The summed E-state index contributed by atoms with van der Waals surface area (Å²) in [5.74, 6) is -0.102. The first-order chi connectivity index (χ1) is 15.6. The molecule has 0 bridgehead atoms. The SMILES string of the molecule is CC[C@H](C)NC(=O)[C@@H](C)N(Cc1ccc(OC)cc1)C(=O)CN(c1ccccc1)S(C)(=O)=O. The van der Waals surface area contributed by atoms with Gasteiger partial charge in [-0.25, -0.2) is 8.42 Å². The number of rotatable bonds is 11. The topological polar surface area (TPSA) is 96.0 Å². The maximum absolute atomic E-state index is 13.4. The third kappa shape index (κ3) is 7.49. The highest BCUT2D eigenvalue weighted by atomic mass is 32.2. The molecule has 0 heterocycles. The monoisotopic (exact) mass is 475 g/mol. The Balaban J connectivity index is 2.35. The normalized spacial score (nSPS) is 13.0. The number of nitrogens with zero attached hydrogens (tertiary/aromatic N) is 2. The molecule has 0 radical (unpaired) electrons. The van der Waals surface area contributed by atoms with Gasteiger partial charge in [-0.2, -0.15) is 0 Å². The summed E-state index contributed by atoms with van der Waals surface area (Å²) in [6.07, 6.45) is 1.81. The van der Waals surface area contributed by atoms with Gasteiger partial charge >= 0.3 is 0 Å². The quantitative estimate of drug-likeness (QED) is 0.539. The molecule has 0 aliphatic carbocycles. The average molecular weight is 476 g/mol. The van der Waals surface area contributed by atoms with Crippen molar-refractivity contribution in [2.24, 2.45) is 0 Å². The average Bonchev–Trinajstić information content (AvgIpc) is 2.80. The summed E-state index contributed by atoms with van der Waals surface area (Å²) < 4.78 is 31.2. The van der Waals surface area contributed by atoms with Crippen molar-refractivity contribution in [2.45, 2.75) is 45.8 Å². The minimum Gasteiger partial charge on any atom is -0.497 e. The predicted molar refractivity (Wildman–Crippen MR) is 130 cm³/mol. The van der Waals surface area contributed by atoms with E-state index in [-0.39, 0.29) is 18.5 Å². The van der Waals surface area contributed by atoms with Gasteiger partial charge in [0.05, 0.1) is 19.1 Å². The third-order valence-corrected chi connectivity index (χ3v) is 6.54. The molecule has 2 aromatic rings. The first-order valence-electron chi connectivity index (χ1n) is 10.8. The van der Waals surface area contributed by atoms with Crippen molar-refractivity contribution in [3.8, 4) is 5.75 Å². The number of para-hydroxylation sites is 1. The summed E-state index contributed by atoms with van der Waals surface area (Å²) >= 11 is 0. The molecule has 0 fully saturated rings. The third-order valence-electron chi connectivity index (χ3n) is 5.40. The van der Waals surface area contributed by atoms with E-state index in [1.165, 1.54) is 4.90 Å². The fourth-order valence-corrected chi connectivity index (χ4v) is 4.03. The molecule has 0 unspecified atom stereocenters. The zero-order valence-electron chi connectivity index (χ0n) is 19.8. The number of amides is 2. The van der Waals surface area contributed by atoms with Crippen LogP contribution in [-0.2, 0) is 26.2 Å². The van der Waals surface area contributed by atoms with Gasteiger partial charge in [-0.3, -0.25) is 13.9 Å². The second kappa shape index (κ2) is 11.7. The van der Waals surface area contributed by atoms with Crippen molar-refractivity contribution < 1.29 is 22.7 Å². The zero-order valence-corrected chi connectivity index (χ0v) is 20.6.